The standard InChI is InChI=1S/C20H44Si/c1-3-5-7-8-9-10-11-12-13-14-15-16-18-20-21-19-17-6-4-2/h3-21H2,1-2H3. The second-order valence-electron chi connectivity index (χ2n) is 7.01. The lowest BCUT2D eigenvalue weighted by Gasteiger charge is -2.03. The van der Waals surface area contributed by atoms with Gasteiger partial charge in [-0.25, -0.2) is 0 Å². The Morgan fingerprint density at radius 3 is 1.10 bits per heavy atom. The van der Waals surface area contributed by atoms with Gasteiger partial charge in [0.1, 0.15) is 0 Å². The van der Waals surface area contributed by atoms with E-state index in [9.17, 15) is 0 Å². The fourth-order valence-electron chi connectivity index (χ4n) is 3.15. The van der Waals surface area contributed by atoms with Crippen molar-refractivity contribution in [3.63, 3.8) is 0 Å². The number of rotatable bonds is 18. The predicted octanol–water partition coefficient (Wildman–Crippen LogP) is 7.27. The van der Waals surface area contributed by atoms with Gasteiger partial charge in [-0.1, -0.05) is 129 Å². The lowest BCUT2D eigenvalue weighted by atomic mass is 10.1. The largest absolute Gasteiger partial charge is 0.0654 e. The van der Waals surface area contributed by atoms with E-state index in [-0.39, 0.29) is 0 Å². The minimum atomic E-state index is 0.331. The molecule has 21 heavy (non-hydrogen) atoms. The van der Waals surface area contributed by atoms with Gasteiger partial charge >= 0.3 is 0 Å². The monoisotopic (exact) mass is 312 g/mol. The van der Waals surface area contributed by atoms with Crippen LogP contribution >= 0.6 is 0 Å². The van der Waals surface area contributed by atoms with Crippen LogP contribution in [0.5, 0.6) is 0 Å². The van der Waals surface area contributed by atoms with Crippen molar-refractivity contribution in [2.75, 3.05) is 0 Å². The fraction of sp³-hybridized carbons (Fsp3) is 1.00. The highest BCUT2D eigenvalue weighted by molar-refractivity contribution is 6.35. The minimum absolute atomic E-state index is 0.331. The Balaban J connectivity index is 2.90. The maximum absolute atomic E-state index is 2.31. The Morgan fingerprint density at radius 1 is 0.381 bits per heavy atom. The Kier molecular flexibility index (Phi) is 20.4. The van der Waals surface area contributed by atoms with E-state index in [0.29, 0.717) is 9.52 Å². The third-order valence-electron chi connectivity index (χ3n) is 4.71. The second-order valence-corrected chi connectivity index (χ2v) is 9.13. The quantitative estimate of drug-likeness (QED) is 0.184. The van der Waals surface area contributed by atoms with Gasteiger partial charge < -0.3 is 0 Å². The molecular formula is C20H44Si. The van der Waals surface area contributed by atoms with Crippen molar-refractivity contribution >= 4 is 9.52 Å². The molecule has 0 bridgehead atoms. The second kappa shape index (κ2) is 20.2. The van der Waals surface area contributed by atoms with Gasteiger partial charge in [0.15, 0.2) is 0 Å². The zero-order valence-electron chi connectivity index (χ0n) is 15.4. The minimum Gasteiger partial charge on any atom is -0.0654 e. The summed E-state index contributed by atoms with van der Waals surface area (Å²) in [7, 11) is 0.331. The third kappa shape index (κ3) is 20.2. The van der Waals surface area contributed by atoms with Crippen LogP contribution in [0.3, 0.4) is 0 Å². The van der Waals surface area contributed by atoms with E-state index >= 15 is 0 Å². The van der Waals surface area contributed by atoms with Crippen molar-refractivity contribution in [1.82, 2.24) is 0 Å². The van der Waals surface area contributed by atoms with Crippen LogP contribution in [0.15, 0.2) is 0 Å². The first-order chi connectivity index (χ1) is 10.4. The molecule has 0 aromatic rings. The summed E-state index contributed by atoms with van der Waals surface area (Å²) in [6, 6.07) is 3.24. The molecule has 0 saturated carbocycles. The van der Waals surface area contributed by atoms with E-state index in [1.54, 1.807) is 18.5 Å². The molecule has 0 unspecified atom stereocenters. The topological polar surface area (TPSA) is 0 Å². The molecule has 0 radical (unpaired) electrons. The van der Waals surface area contributed by atoms with E-state index in [4.69, 9.17) is 0 Å². The van der Waals surface area contributed by atoms with E-state index in [0.717, 1.165) is 0 Å². The van der Waals surface area contributed by atoms with Gasteiger partial charge in [0, 0.05) is 9.52 Å². The molecule has 0 nitrogen and oxygen atoms in total. The lowest BCUT2D eigenvalue weighted by molar-refractivity contribution is 0.542. The Labute approximate surface area is 138 Å². The van der Waals surface area contributed by atoms with E-state index in [1.165, 1.54) is 96.3 Å². The number of hydrogen-bond donors (Lipinski definition) is 0. The molecule has 0 N–H and O–H groups in total. The molecule has 0 aromatic heterocycles. The van der Waals surface area contributed by atoms with Crippen molar-refractivity contribution in [2.24, 2.45) is 0 Å². The molecule has 0 aliphatic carbocycles. The normalized spacial score (nSPS) is 11.7. The predicted molar refractivity (Wildman–Crippen MR) is 103 cm³/mol. The van der Waals surface area contributed by atoms with Crippen LogP contribution in [0.25, 0.3) is 0 Å². The van der Waals surface area contributed by atoms with Gasteiger partial charge in [-0.15, -0.1) is 0 Å². The molecule has 0 amide bonds. The first-order valence-electron chi connectivity index (χ1n) is 10.4. The molecule has 128 valence electrons. The van der Waals surface area contributed by atoms with E-state index < -0.39 is 0 Å². The van der Waals surface area contributed by atoms with E-state index in [2.05, 4.69) is 13.8 Å². The van der Waals surface area contributed by atoms with Crippen molar-refractivity contribution in [3.8, 4) is 0 Å². The zero-order valence-corrected chi connectivity index (χ0v) is 16.8. The highest BCUT2D eigenvalue weighted by atomic mass is 28.2. The summed E-state index contributed by atoms with van der Waals surface area (Å²) in [6.45, 7) is 4.61. The lowest BCUT2D eigenvalue weighted by Crippen LogP contribution is -1.89. The van der Waals surface area contributed by atoms with Crippen LogP contribution < -0.4 is 0 Å². The van der Waals surface area contributed by atoms with Crippen LogP contribution in [0.1, 0.15) is 117 Å². The van der Waals surface area contributed by atoms with Gasteiger partial charge in [0.25, 0.3) is 0 Å². The van der Waals surface area contributed by atoms with Crippen LogP contribution in [0.2, 0.25) is 12.1 Å². The number of unbranched alkanes of at least 4 members (excludes halogenated alkanes) is 14. The van der Waals surface area contributed by atoms with E-state index in [1.807, 2.05) is 0 Å². The molecule has 0 fully saturated rings. The first-order valence-corrected chi connectivity index (χ1v) is 12.4. The highest BCUT2D eigenvalue weighted by Gasteiger charge is 1.94. The van der Waals surface area contributed by atoms with Gasteiger partial charge in [-0.05, 0) is 0 Å². The molecular weight excluding hydrogens is 268 g/mol. The van der Waals surface area contributed by atoms with Crippen molar-refractivity contribution < 1.29 is 0 Å². The SMILES string of the molecule is CCCCCCCCCCCCCCC[SiH2]CCCCC. The number of hydrogen-bond acceptors (Lipinski definition) is 0. The summed E-state index contributed by atoms with van der Waals surface area (Å²) in [6.07, 6.45) is 23.8. The van der Waals surface area contributed by atoms with Crippen LogP contribution in [-0.2, 0) is 0 Å². The Morgan fingerprint density at radius 2 is 0.667 bits per heavy atom. The third-order valence-corrected chi connectivity index (χ3v) is 6.71. The fourth-order valence-corrected chi connectivity index (χ4v) is 4.92. The summed E-state index contributed by atoms with van der Waals surface area (Å²) < 4.78 is 0. The van der Waals surface area contributed by atoms with Crippen molar-refractivity contribution in [1.29, 1.82) is 0 Å². The molecule has 1 heteroatoms. The smallest absolute Gasteiger partial charge is 0.0197 e. The Bertz CT molecular complexity index is 149. The molecule has 0 aliphatic heterocycles. The molecule has 0 saturated heterocycles. The van der Waals surface area contributed by atoms with Gasteiger partial charge in [0.05, 0.1) is 0 Å². The van der Waals surface area contributed by atoms with Crippen LogP contribution in [-0.4, -0.2) is 9.52 Å². The molecule has 0 aromatic carbocycles. The molecule has 0 spiro atoms. The average Bonchev–Trinajstić information content (AvgIpc) is 2.50. The summed E-state index contributed by atoms with van der Waals surface area (Å²) >= 11 is 0. The molecule has 0 atom stereocenters. The molecule has 0 rings (SSSR count). The summed E-state index contributed by atoms with van der Waals surface area (Å²) in [4.78, 5) is 0. The maximum Gasteiger partial charge on any atom is 0.0197 e. The Hall–Kier alpha value is 0.217. The van der Waals surface area contributed by atoms with Gasteiger partial charge in [-0.3, -0.25) is 0 Å². The maximum atomic E-state index is 2.31. The summed E-state index contributed by atoms with van der Waals surface area (Å²) in [5, 5.41) is 0. The van der Waals surface area contributed by atoms with Crippen molar-refractivity contribution in [3.05, 3.63) is 0 Å². The molecule has 0 aliphatic rings. The van der Waals surface area contributed by atoms with Crippen LogP contribution in [0.4, 0.5) is 0 Å². The summed E-state index contributed by atoms with van der Waals surface area (Å²) in [5.41, 5.74) is 0. The van der Waals surface area contributed by atoms with Gasteiger partial charge in [-0.2, -0.15) is 0 Å². The average molecular weight is 313 g/mol. The van der Waals surface area contributed by atoms with Gasteiger partial charge in [0.2, 0.25) is 0 Å². The highest BCUT2D eigenvalue weighted by Crippen LogP contribution is 2.13. The summed E-state index contributed by atoms with van der Waals surface area (Å²) in [5.74, 6) is 0. The molecule has 0 heterocycles. The van der Waals surface area contributed by atoms with Crippen molar-refractivity contribution in [2.45, 2.75) is 129 Å². The zero-order chi connectivity index (χ0) is 15.4. The van der Waals surface area contributed by atoms with Crippen LogP contribution in [0, 0.1) is 0 Å². The first kappa shape index (κ1) is 21.2.